The van der Waals surface area contributed by atoms with E-state index in [-0.39, 0.29) is 24.3 Å². The summed E-state index contributed by atoms with van der Waals surface area (Å²) in [6, 6.07) is 37.9. The molecular weight excluding hydrogens is 564 g/mol. The minimum atomic E-state index is -0.499. The minimum absolute atomic E-state index is 0.0601. The summed E-state index contributed by atoms with van der Waals surface area (Å²) >= 11 is 0. The zero-order valence-electron chi connectivity index (χ0n) is 26.1. The molecule has 6 aromatic rings. The van der Waals surface area contributed by atoms with Crippen LogP contribution >= 0.6 is 0 Å². The molecule has 2 aliphatic heterocycles. The zero-order valence-corrected chi connectivity index (χ0v) is 26.1. The van der Waals surface area contributed by atoms with E-state index in [9.17, 15) is 0 Å². The highest BCUT2D eigenvalue weighted by Gasteiger charge is 2.52. The molecule has 0 fully saturated rings. The fraction of sp³-hybridized carbons (Fsp3) is 0.286. The van der Waals surface area contributed by atoms with Crippen molar-refractivity contribution in [1.29, 1.82) is 0 Å². The molecule has 10 rings (SSSR count). The fourth-order valence-corrected chi connectivity index (χ4v) is 8.85. The Morgan fingerprint density at radius 2 is 1.17 bits per heavy atom. The number of nitrogens with zero attached hydrogens (tertiary/aromatic N) is 2. The largest absolute Gasteiger partial charge is 0.474 e. The van der Waals surface area contributed by atoms with E-state index in [1.165, 1.54) is 60.1 Å². The predicted molar refractivity (Wildman–Crippen MR) is 186 cm³/mol. The summed E-state index contributed by atoms with van der Waals surface area (Å²) < 4.78 is 13.5. The van der Waals surface area contributed by atoms with Gasteiger partial charge in [-0.1, -0.05) is 110 Å². The number of benzene rings is 6. The average molecular weight is 601 g/mol. The maximum Gasteiger partial charge on any atom is 0.200 e. The lowest BCUT2D eigenvalue weighted by molar-refractivity contribution is 0.163. The zero-order chi connectivity index (χ0) is 30.4. The van der Waals surface area contributed by atoms with E-state index >= 15 is 0 Å². The summed E-state index contributed by atoms with van der Waals surface area (Å²) in [5, 5.41) is 8.13. The Balaban J connectivity index is 0.954. The Morgan fingerprint density at radius 1 is 0.609 bits per heavy atom. The van der Waals surface area contributed by atoms with E-state index in [4.69, 9.17) is 19.5 Å². The molecular formula is C42H36N2O2. The summed E-state index contributed by atoms with van der Waals surface area (Å²) in [5.74, 6) is 1.62. The van der Waals surface area contributed by atoms with Crippen molar-refractivity contribution >= 4 is 44.1 Å². The molecule has 0 aromatic heterocycles. The smallest absolute Gasteiger partial charge is 0.200 e. The topological polar surface area (TPSA) is 43.2 Å². The molecule has 4 nitrogen and oxygen atoms in total. The van der Waals surface area contributed by atoms with E-state index in [2.05, 4.69) is 110 Å². The van der Waals surface area contributed by atoms with Crippen LogP contribution in [-0.2, 0) is 28.7 Å². The molecule has 2 heterocycles. The van der Waals surface area contributed by atoms with Gasteiger partial charge in [0.05, 0.1) is 0 Å². The maximum absolute atomic E-state index is 6.76. The summed E-state index contributed by atoms with van der Waals surface area (Å²) in [4.78, 5) is 10.6. The van der Waals surface area contributed by atoms with Crippen molar-refractivity contribution in [2.45, 2.75) is 69.7 Å². The molecule has 0 N–H and O–H groups in total. The first-order valence-corrected chi connectivity index (χ1v) is 16.9. The SMILES string of the molecule is CC(CCCCc1ccc2ccc3cccc4ccc1c2c34)(C1=N[C@@H]2c3ccccc3C[C@@H]2O1)C1=N[C@@H]2c3ccccc3C[C@@H]2O1. The van der Waals surface area contributed by atoms with Crippen LogP contribution in [0, 0.1) is 5.41 Å². The third-order valence-corrected chi connectivity index (χ3v) is 11.3. The molecule has 4 aliphatic rings. The number of hydrogen-bond acceptors (Lipinski definition) is 4. The van der Waals surface area contributed by atoms with Crippen LogP contribution in [0.5, 0.6) is 0 Å². The van der Waals surface area contributed by atoms with Gasteiger partial charge >= 0.3 is 0 Å². The number of unbranched alkanes of at least 4 members (excludes halogenated alkanes) is 1. The molecule has 226 valence electrons. The highest BCUT2D eigenvalue weighted by atomic mass is 16.5. The second-order valence-corrected chi connectivity index (χ2v) is 14.0. The van der Waals surface area contributed by atoms with Crippen molar-refractivity contribution in [3.8, 4) is 0 Å². The van der Waals surface area contributed by atoms with Crippen LogP contribution < -0.4 is 0 Å². The van der Waals surface area contributed by atoms with Gasteiger partial charge < -0.3 is 9.47 Å². The standard InChI is InChI=1S/C42H36N2O2/c1-42(40-43-38-32-14-4-2-10-29(32)23-34(38)45-40,41-44-39-33-15-5-3-11-30(33)24-35(39)46-41)22-7-6-9-25-16-17-28-19-18-26-12-8-13-27-20-21-31(25)37(28)36(26)27/h2-5,8,10-21,34-35,38-39H,6-7,9,22-24H2,1H3/t34-,35-,38+,39+/m0/s1. The first-order chi connectivity index (χ1) is 22.6. The van der Waals surface area contributed by atoms with E-state index in [1.54, 1.807) is 0 Å². The highest BCUT2D eigenvalue weighted by Crippen LogP contribution is 2.48. The van der Waals surface area contributed by atoms with Crippen molar-refractivity contribution < 1.29 is 9.47 Å². The van der Waals surface area contributed by atoms with Crippen molar-refractivity contribution in [1.82, 2.24) is 0 Å². The van der Waals surface area contributed by atoms with Crippen LogP contribution in [0.15, 0.2) is 113 Å². The molecule has 4 heteroatoms. The van der Waals surface area contributed by atoms with Gasteiger partial charge in [-0.3, -0.25) is 0 Å². The number of ether oxygens (including phenoxy) is 2. The summed E-state index contributed by atoms with van der Waals surface area (Å²) in [6.07, 6.45) is 5.96. The van der Waals surface area contributed by atoms with Crippen LogP contribution in [0.4, 0.5) is 0 Å². The molecule has 0 bridgehead atoms. The highest BCUT2D eigenvalue weighted by molar-refractivity contribution is 6.23. The van der Waals surface area contributed by atoms with Gasteiger partial charge in [0.2, 0.25) is 0 Å². The Kier molecular flexibility index (Phi) is 5.70. The van der Waals surface area contributed by atoms with Gasteiger partial charge in [-0.05, 0) is 86.3 Å². The number of aliphatic imine (C=N–C) groups is 2. The first-order valence-electron chi connectivity index (χ1n) is 16.9. The summed E-state index contributed by atoms with van der Waals surface area (Å²) in [6.45, 7) is 2.26. The van der Waals surface area contributed by atoms with Crippen molar-refractivity contribution in [3.63, 3.8) is 0 Å². The van der Waals surface area contributed by atoms with Crippen LogP contribution in [0.1, 0.15) is 66.1 Å². The Bertz CT molecular complexity index is 2140. The number of hydrogen-bond donors (Lipinski definition) is 0. The summed E-state index contributed by atoms with van der Waals surface area (Å²) in [7, 11) is 0. The Labute approximate surface area is 269 Å². The van der Waals surface area contributed by atoms with Crippen molar-refractivity contribution in [3.05, 3.63) is 131 Å². The van der Waals surface area contributed by atoms with Crippen LogP contribution in [0.25, 0.3) is 32.3 Å². The quantitative estimate of drug-likeness (QED) is 0.135. The van der Waals surface area contributed by atoms with Gasteiger partial charge in [0.25, 0.3) is 0 Å². The van der Waals surface area contributed by atoms with Crippen LogP contribution in [0.3, 0.4) is 0 Å². The molecule has 0 saturated heterocycles. The molecule has 0 saturated carbocycles. The molecule has 6 aromatic carbocycles. The number of fused-ring (bicyclic) bond motifs is 6. The predicted octanol–water partition coefficient (Wildman–Crippen LogP) is 9.49. The van der Waals surface area contributed by atoms with E-state index in [0.29, 0.717) is 0 Å². The third-order valence-electron chi connectivity index (χ3n) is 11.3. The second-order valence-electron chi connectivity index (χ2n) is 14.0. The third kappa shape index (κ3) is 3.85. The first kappa shape index (κ1) is 26.5. The lowest BCUT2D eigenvalue weighted by Gasteiger charge is -2.29. The molecule has 0 amide bonds. The molecule has 0 radical (unpaired) electrons. The lowest BCUT2D eigenvalue weighted by Crippen LogP contribution is -2.39. The lowest BCUT2D eigenvalue weighted by atomic mass is 9.83. The Hall–Kier alpha value is -4.70. The van der Waals surface area contributed by atoms with Crippen molar-refractivity contribution in [2.75, 3.05) is 0 Å². The fourth-order valence-electron chi connectivity index (χ4n) is 8.85. The van der Waals surface area contributed by atoms with Gasteiger partial charge in [-0.2, -0.15) is 0 Å². The van der Waals surface area contributed by atoms with Crippen LogP contribution in [0.2, 0.25) is 0 Å². The van der Waals surface area contributed by atoms with Gasteiger partial charge in [-0.15, -0.1) is 0 Å². The minimum Gasteiger partial charge on any atom is -0.474 e. The number of aryl methyl sites for hydroxylation is 1. The molecule has 2 aliphatic carbocycles. The molecule has 46 heavy (non-hydrogen) atoms. The van der Waals surface area contributed by atoms with Crippen LogP contribution in [-0.4, -0.2) is 24.0 Å². The van der Waals surface area contributed by atoms with Gasteiger partial charge in [0.1, 0.15) is 29.7 Å². The monoisotopic (exact) mass is 600 g/mol. The van der Waals surface area contributed by atoms with Gasteiger partial charge in [-0.25, -0.2) is 9.98 Å². The molecule has 0 spiro atoms. The van der Waals surface area contributed by atoms with E-state index in [0.717, 1.165) is 50.3 Å². The number of rotatable bonds is 7. The van der Waals surface area contributed by atoms with E-state index < -0.39 is 5.41 Å². The van der Waals surface area contributed by atoms with Gasteiger partial charge in [0, 0.05) is 12.8 Å². The van der Waals surface area contributed by atoms with E-state index in [1.807, 2.05) is 0 Å². The Morgan fingerprint density at radius 3 is 1.83 bits per heavy atom. The molecule has 4 atom stereocenters. The maximum atomic E-state index is 6.76. The van der Waals surface area contributed by atoms with Crippen molar-refractivity contribution in [2.24, 2.45) is 15.4 Å². The average Bonchev–Trinajstić information content (AvgIpc) is 3.86. The van der Waals surface area contributed by atoms with Gasteiger partial charge in [0.15, 0.2) is 11.8 Å². The second kappa shape index (κ2) is 9.90. The normalized spacial score (nSPS) is 22.8. The molecule has 0 unspecified atom stereocenters. The summed E-state index contributed by atoms with van der Waals surface area (Å²) in [5.41, 5.74) is 6.25.